The van der Waals surface area contributed by atoms with E-state index in [0.717, 1.165) is 61.1 Å². The van der Waals surface area contributed by atoms with Crippen LogP contribution in [0.15, 0.2) is 39.9 Å². The molecule has 1 aliphatic carbocycles. The molecule has 0 radical (unpaired) electrons. The van der Waals surface area contributed by atoms with E-state index in [4.69, 9.17) is 17.3 Å². The van der Waals surface area contributed by atoms with E-state index in [2.05, 4.69) is 67.6 Å². The number of benzene rings is 1. The summed E-state index contributed by atoms with van der Waals surface area (Å²) in [6, 6.07) is 3.93. The minimum atomic E-state index is -0.362. The molecule has 3 aliphatic rings. The van der Waals surface area contributed by atoms with Gasteiger partial charge in [-0.1, -0.05) is 55.6 Å². The van der Waals surface area contributed by atoms with Gasteiger partial charge in [0.1, 0.15) is 0 Å². The van der Waals surface area contributed by atoms with Crippen LogP contribution in [0.25, 0.3) is 0 Å². The van der Waals surface area contributed by atoms with Crippen molar-refractivity contribution in [2.24, 2.45) is 17.6 Å². The van der Waals surface area contributed by atoms with E-state index < -0.39 is 0 Å². The summed E-state index contributed by atoms with van der Waals surface area (Å²) in [5, 5.41) is 0.754. The number of nitrogens with zero attached hydrogens (tertiary/aromatic N) is 3. The molecule has 2 saturated heterocycles. The lowest BCUT2D eigenvalue weighted by atomic mass is 9.73. The number of primary amides is 1. The SMILES string of the molecule is C=C1CCc2cc(Cl)cc(Br)c2C(C2CCN(C(=O)CC3CCN(C(N)=O)CC3)CC2)C1N(C)/C=C/Br. The van der Waals surface area contributed by atoms with Gasteiger partial charge in [-0.25, -0.2) is 4.79 Å². The Bertz CT molecular complexity index is 1050. The van der Waals surface area contributed by atoms with Crippen molar-refractivity contribution >= 4 is 55.4 Å². The summed E-state index contributed by atoms with van der Waals surface area (Å²) >= 11 is 13.8. The van der Waals surface area contributed by atoms with Crippen LogP contribution < -0.4 is 5.73 Å². The van der Waals surface area contributed by atoms with E-state index in [1.165, 1.54) is 16.7 Å². The van der Waals surface area contributed by atoms with Gasteiger partial charge >= 0.3 is 6.03 Å². The molecule has 1 aromatic carbocycles. The van der Waals surface area contributed by atoms with Crippen molar-refractivity contribution in [2.75, 3.05) is 33.2 Å². The number of rotatable bonds is 5. The molecule has 0 saturated carbocycles. The van der Waals surface area contributed by atoms with E-state index in [0.29, 0.717) is 31.3 Å². The second kappa shape index (κ2) is 12.6. The molecule has 0 bridgehead atoms. The van der Waals surface area contributed by atoms with E-state index in [1.54, 1.807) is 4.90 Å². The summed E-state index contributed by atoms with van der Waals surface area (Å²) in [5.74, 6) is 1.24. The number of hydrogen-bond acceptors (Lipinski definition) is 3. The highest BCUT2D eigenvalue weighted by Crippen LogP contribution is 2.47. The summed E-state index contributed by atoms with van der Waals surface area (Å²) in [7, 11) is 2.12. The molecule has 6 nitrogen and oxygen atoms in total. The lowest BCUT2D eigenvalue weighted by Gasteiger charge is -2.43. The number of carbonyl (C=O) groups is 2. The molecular weight excluding hydrogens is 620 g/mol. The Hall–Kier alpha value is -1.51. The maximum absolute atomic E-state index is 13.2. The van der Waals surface area contributed by atoms with Crippen molar-refractivity contribution in [2.45, 2.75) is 56.9 Å². The van der Waals surface area contributed by atoms with Crippen molar-refractivity contribution in [1.29, 1.82) is 0 Å². The largest absolute Gasteiger partial charge is 0.373 e. The lowest BCUT2D eigenvalue weighted by molar-refractivity contribution is -0.134. The molecule has 2 fully saturated rings. The highest BCUT2D eigenvalue weighted by atomic mass is 79.9. The average molecular weight is 657 g/mol. The number of likely N-dealkylation sites (N-methyl/N-ethyl adjacent to an activating group) is 1. The van der Waals surface area contributed by atoms with Crippen LogP contribution >= 0.6 is 43.5 Å². The topological polar surface area (TPSA) is 69.9 Å². The van der Waals surface area contributed by atoms with Crippen LogP contribution in [-0.2, 0) is 11.2 Å². The molecule has 0 aromatic heterocycles. The average Bonchev–Trinajstić information content (AvgIpc) is 3.01. The summed E-state index contributed by atoms with van der Waals surface area (Å²) in [4.78, 5) is 32.5. The molecule has 2 atom stereocenters. The number of carbonyl (C=O) groups excluding carboxylic acids is 2. The van der Waals surface area contributed by atoms with Gasteiger partial charge in [-0.2, -0.15) is 0 Å². The maximum atomic E-state index is 13.2. The molecule has 37 heavy (non-hydrogen) atoms. The van der Waals surface area contributed by atoms with Gasteiger partial charge in [-0.05, 0) is 78.6 Å². The fourth-order valence-electron chi connectivity index (χ4n) is 6.53. The van der Waals surface area contributed by atoms with E-state index in [-0.39, 0.29) is 23.9 Å². The molecule has 0 spiro atoms. The first-order valence-electron chi connectivity index (χ1n) is 13.2. The molecule has 9 heteroatoms. The Balaban J connectivity index is 1.49. The molecule has 2 heterocycles. The summed E-state index contributed by atoms with van der Waals surface area (Å²) in [5.41, 5.74) is 9.28. The van der Waals surface area contributed by atoms with Crippen molar-refractivity contribution < 1.29 is 9.59 Å². The molecule has 2 aliphatic heterocycles. The molecule has 3 amide bonds. The molecule has 4 rings (SSSR count). The molecule has 2 N–H and O–H groups in total. The van der Waals surface area contributed by atoms with Gasteiger partial charge in [0.05, 0.1) is 6.04 Å². The van der Waals surface area contributed by atoms with Crippen molar-refractivity contribution in [3.8, 4) is 0 Å². The van der Waals surface area contributed by atoms with Crippen LogP contribution in [0.4, 0.5) is 4.79 Å². The van der Waals surface area contributed by atoms with Crippen molar-refractivity contribution in [3.63, 3.8) is 0 Å². The molecule has 202 valence electrons. The highest BCUT2D eigenvalue weighted by Gasteiger charge is 2.40. The first kappa shape index (κ1) is 28.5. The number of nitrogens with two attached hydrogens (primary N) is 1. The van der Waals surface area contributed by atoms with Gasteiger partial charge in [-0.15, -0.1) is 0 Å². The zero-order valence-electron chi connectivity index (χ0n) is 21.5. The minimum Gasteiger partial charge on any atom is -0.373 e. The normalized spacial score (nSPS) is 23.7. The smallest absolute Gasteiger partial charge is 0.314 e. The number of hydrogen-bond donors (Lipinski definition) is 1. The van der Waals surface area contributed by atoms with Gasteiger partial charge in [0, 0.05) is 61.3 Å². The number of halogens is 3. The van der Waals surface area contributed by atoms with Crippen LogP contribution in [0, 0.1) is 11.8 Å². The maximum Gasteiger partial charge on any atom is 0.314 e. The Morgan fingerprint density at radius 3 is 2.41 bits per heavy atom. The van der Waals surface area contributed by atoms with Crippen LogP contribution in [0.5, 0.6) is 0 Å². The lowest BCUT2D eigenvalue weighted by Crippen LogP contribution is -2.45. The van der Waals surface area contributed by atoms with Gasteiger partial charge in [0.15, 0.2) is 0 Å². The number of piperidine rings is 2. The number of aryl methyl sites for hydroxylation is 1. The second-order valence-corrected chi connectivity index (χ2v) is 12.5. The Morgan fingerprint density at radius 1 is 1.14 bits per heavy atom. The first-order chi connectivity index (χ1) is 17.7. The highest BCUT2D eigenvalue weighted by molar-refractivity contribution is 9.11. The number of urea groups is 1. The zero-order chi connectivity index (χ0) is 26.7. The van der Waals surface area contributed by atoms with Crippen molar-refractivity contribution in [3.05, 3.63) is 56.1 Å². The second-order valence-electron chi connectivity index (χ2n) is 10.7. The van der Waals surface area contributed by atoms with Gasteiger partial charge in [-0.3, -0.25) is 4.79 Å². The monoisotopic (exact) mass is 654 g/mol. The van der Waals surface area contributed by atoms with E-state index in [9.17, 15) is 9.59 Å². The van der Waals surface area contributed by atoms with Crippen LogP contribution in [-0.4, -0.2) is 65.9 Å². The van der Waals surface area contributed by atoms with Gasteiger partial charge < -0.3 is 20.4 Å². The predicted molar refractivity (Wildman–Crippen MR) is 157 cm³/mol. The summed E-state index contributed by atoms with van der Waals surface area (Å²) in [6.45, 7) is 7.38. The quantitative estimate of drug-likeness (QED) is 0.300. The standard InChI is InChI=1S/C28H37Br2ClN4O2/c1-18-3-4-21-16-22(31)17-23(30)25(21)26(27(18)33(2)14-9-29)20-7-12-34(13-8-20)24(36)15-19-5-10-35(11-6-19)28(32)37/h9,14,16-17,19-20,26-27H,1,3-8,10-13,15H2,2H3,(H2,32,37)/b14-9+. The molecule has 2 unspecified atom stereocenters. The van der Waals surface area contributed by atoms with E-state index >= 15 is 0 Å². The Labute approximate surface area is 242 Å². The van der Waals surface area contributed by atoms with Crippen LogP contribution in [0.2, 0.25) is 5.02 Å². The number of likely N-dealkylation sites (tertiary alicyclic amines) is 2. The predicted octanol–water partition coefficient (Wildman–Crippen LogP) is 6.27. The third-order valence-electron chi connectivity index (χ3n) is 8.51. The number of amides is 3. The molecule has 1 aromatic rings. The van der Waals surface area contributed by atoms with Gasteiger partial charge in [0.25, 0.3) is 0 Å². The Morgan fingerprint density at radius 2 is 1.78 bits per heavy atom. The summed E-state index contributed by atoms with van der Waals surface area (Å²) in [6.07, 6.45) is 8.09. The fourth-order valence-corrected chi connectivity index (χ4v) is 8.04. The number of fused-ring (bicyclic) bond motifs is 1. The zero-order valence-corrected chi connectivity index (χ0v) is 25.4. The summed E-state index contributed by atoms with van der Waals surface area (Å²) < 4.78 is 1.07. The molecular formula is C28H37Br2ClN4O2. The van der Waals surface area contributed by atoms with E-state index in [1.807, 2.05) is 11.1 Å². The fraction of sp³-hybridized carbons (Fsp3) is 0.571. The third kappa shape index (κ3) is 6.56. The van der Waals surface area contributed by atoms with Crippen molar-refractivity contribution in [1.82, 2.24) is 14.7 Å². The minimum absolute atomic E-state index is 0.162. The Kier molecular flexibility index (Phi) is 9.68. The van der Waals surface area contributed by atoms with Crippen LogP contribution in [0.3, 0.4) is 0 Å². The van der Waals surface area contributed by atoms with Gasteiger partial charge in [0.2, 0.25) is 5.91 Å². The third-order valence-corrected chi connectivity index (χ3v) is 9.62. The first-order valence-corrected chi connectivity index (χ1v) is 15.2. The van der Waals surface area contributed by atoms with Crippen LogP contribution in [0.1, 0.15) is 55.6 Å².